The lowest BCUT2D eigenvalue weighted by Gasteiger charge is -2.06. The average Bonchev–Trinajstić information content (AvgIpc) is 2.57. The third-order valence-corrected chi connectivity index (χ3v) is 4.06. The van der Waals surface area contributed by atoms with Gasteiger partial charge in [0.25, 0.3) is 5.91 Å². The summed E-state index contributed by atoms with van der Waals surface area (Å²) in [6.45, 7) is 0. The lowest BCUT2D eigenvalue weighted by molar-refractivity contribution is 0.102. The lowest BCUT2D eigenvalue weighted by atomic mass is 10.1. The van der Waals surface area contributed by atoms with E-state index in [0.717, 1.165) is 17.5 Å². The Morgan fingerprint density at radius 3 is 2.58 bits per heavy atom. The molecule has 0 spiro atoms. The van der Waals surface area contributed by atoms with Gasteiger partial charge in [-0.15, -0.1) is 0 Å². The van der Waals surface area contributed by atoms with E-state index in [-0.39, 0.29) is 5.91 Å². The molecule has 0 atom stereocenters. The summed E-state index contributed by atoms with van der Waals surface area (Å²) in [5, 5.41) is 3.47. The van der Waals surface area contributed by atoms with Crippen LogP contribution >= 0.6 is 27.5 Å². The van der Waals surface area contributed by atoms with Crippen molar-refractivity contribution < 1.29 is 4.79 Å². The molecule has 0 aliphatic heterocycles. The van der Waals surface area contributed by atoms with Crippen LogP contribution in [-0.4, -0.2) is 15.9 Å². The number of hydrogen-bond donors (Lipinski definition) is 1. The topological polar surface area (TPSA) is 54.9 Å². The van der Waals surface area contributed by atoms with E-state index in [1.165, 1.54) is 6.20 Å². The van der Waals surface area contributed by atoms with Crippen LogP contribution in [0.4, 0.5) is 5.82 Å². The number of carbonyl (C=O) groups is 1. The Morgan fingerprint density at radius 1 is 1.04 bits per heavy atom. The lowest BCUT2D eigenvalue weighted by Crippen LogP contribution is -2.13. The van der Waals surface area contributed by atoms with Crippen LogP contribution in [0.25, 0.3) is 0 Å². The number of rotatable bonds is 4. The molecule has 1 aromatic carbocycles. The van der Waals surface area contributed by atoms with Crippen molar-refractivity contribution in [2.45, 2.75) is 6.42 Å². The van der Waals surface area contributed by atoms with Gasteiger partial charge in [0, 0.05) is 17.4 Å². The molecule has 0 fully saturated rings. The summed E-state index contributed by atoms with van der Waals surface area (Å²) < 4.78 is 0.683. The first-order valence-electron chi connectivity index (χ1n) is 7.22. The van der Waals surface area contributed by atoms with Gasteiger partial charge in [-0.1, -0.05) is 29.8 Å². The summed E-state index contributed by atoms with van der Waals surface area (Å²) in [4.78, 5) is 20.4. The molecule has 24 heavy (non-hydrogen) atoms. The zero-order valence-electron chi connectivity index (χ0n) is 12.5. The number of nitrogens with zero attached hydrogens (tertiary/aromatic N) is 2. The highest BCUT2D eigenvalue weighted by Crippen LogP contribution is 2.16. The number of pyridine rings is 2. The first-order valence-corrected chi connectivity index (χ1v) is 8.39. The zero-order valence-corrected chi connectivity index (χ0v) is 14.9. The van der Waals surface area contributed by atoms with Crippen LogP contribution in [0.3, 0.4) is 0 Å². The van der Waals surface area contributed by atoms with Gasteiger partial charge in [0.1, 0.15) is 10.4 Å². The van der Waals surface area contributed by atoms with Crippen molar-refractivity contribution in [3.63, 3.8) is 0 Å². The average molecular weight is 403 g/mol. The summed E-state index contributed by atoms with van der Waals surface area (Å²) in [6.07, 6.45) is 3.99. The van der Waals surface area contributed by atoms with E-state index in [9.17, 15) is 4.79 Å². The predicted molar refractivity (Wildman–Crippen MR) is 98.4 cm³/mol. The van der Waals surface area contributed by atoms with E-state index >= 15 is 0 Å². The van der Waals surface area contributed by atoms with Gasteiger partial charge in [-0.3, -0.25) is 4.79 Å². The Bertz CT molecular complexity index is 851. The molecular weight excluding hydrogens is 390 g/mol. The van der Waals surface area contributed by atoms with Gasteiger partial charge in [-0.05, 0) is 63.8 Å². The van der Waals surface area contributed by atoms with Crippen molar-refractivity contribution in [1.82, 2.24) is 9.97 Å². The number of anilines is 1. The summed E-state index contributed by atoms with van der Waals surface area (Å²) in [5.74, 6) is 0.253. The van der Waals surface area contributed by atoms with Crippen LogP contribution in [0.1, 0.15) is 21.5 Å². The predicted octanol–water partition coefficient (Wildman–Crippen LogP) is 4.74. The second-order valence-corrected chi connectivity index (χ2v) is 6.43. The Balaban J connectivity index is 1.66. The number of nitrogens with one attached hydrogen (secondary N) is 1. The molecule has 0 aliphatic carbocycles. The highest BCUT2D eigenvalue weighted by atomic mass is 79.9. The molecule has 2 aromatic heterocycles. The maximum absolute atomic E-state index is 12.1. The molecule has 0 unspecified atom stereocenters. The molecule has 4 nitrogen and oxygen atoms in total. The van der Waals surface area contributed by atoms with E-state index in [1.807, 2.05) is 30.3 Å². The summed E-state index contributed by atoms with van der Waals surface area (Å²) >= 11 is 9.23. The van der Waals surface area contributed by atoms with Gasteiger partial charge in [-0.25, -0.2) is 9.97 Å². The summed E-state index contributed by atoms with van der Waals surface area (Å²) in [5.41, 5.74) is 2.63. The number of hydrogen-bond acceptors (Lipinski definition) is 3. The van der Waals surface area contributed by atoms with Crippen LogP contribution in [0.5, 0.6) is 0 Å². The number of carbonyl (C=O) groups excluding carboxylic acids is 1. The smallest absolute Gasteiger partial charge is 0.258 e. The summed E-state index contributed by atoms with van der Waals surface area (Å²) in [6, 6.07) is 14.8. The molecule has 0 bridgehead atoms. The van der Waals surface area contributed by atoms with E-state index < -0.39 is 0 Å². The minimum Gasteiger partial charge on any atom is -0.307 e. The van der Waals surface area contributed by atoms with E-state index in [4.69, 9.17) is 11.6 Å². The normalized spacial score (nSPS) is 10.4. The SMILES string of the molecule is O=C(Nc1ccc(Cc2cccc(Cl)c2)cn1)c1ccc(Br)nc1. The number of benzene rings is 1. The summed E-state index contributed by atoms with van der Waals surface area (Å²) in [7, 11) is 0. The molecule has 6 heteroatoms. The van der Waals surface area contributed by atoms with Gasteiger partial charge in [-0.2, -0.15) is 0 Å². The fourth-order valence-corrected chi connectivity index (χ4v) is 2.63. The van der Waals surface area contributed by atoms with Gasteiger partial charge in [0.05, 0.1) is 5.56 Å². The fourth-order valence-electron chi connectivity index (χ4n) is 2.18. The fraction of sp³-hybridized carbons (Fsp3) is 0.0556. The van der Waals surface area contributed by atoms with Crippen LogP contribution in [0.15, 0.2) is 65.5 Å². The van der Waals surface area contributed by atoms with E-state index in [1.54, 1.807) is 24.4 Å². The van der Waals surface area contributed by atoms with Crippen LogP contribution < -0.4 is 5.32 Å². The van der Waals surface area contributed by atoms with Crippen molar-refractivity contribution >= 4 is 39.3 Å². The van der Waals surface area contributed by atoms with E-state index in [0.29, 0.717) is 21.0 Å². The van der Waals surface area contributed by atoms with Crippen LogP contribution in [0, 0.1) is 0 Å². The third-order valence-electron chi connectivity index (χ3n) is 3.35. The Hall–Kier alpha value is -2.24. The van der Waals surface area contributed by atoms with Gasteiger partial charge in [0.15, 0.2) is 0 Å². The highest BCUT2D eigenvalue weighted by Gasteiger charge is 2.07. The molecule has 1 N–H and O–H groups in total. The van der Waals surface area contributed by atoms with Gasteiger partial charge in [0.2, 0.25) is 0 Å². The first-order chi connectivity index (χ1) is 11.6. The van der Waals surface area contributed by atoms with Crippen molar-refractivity contribution in [3.8, 4) is 0 Å². The third kappa shape index (κ3) is 4.40. The van der Waals surface area contributed by atoms with Crippen LogP contribution in [-0.2, 0) is 6.42 Å². The number of amides is 1. The minimum atomic E-state index is -0.245. The molecule has 120 valence electrons. The Morgan fingerprint density at radius 2 is 1.92 bits per heavy atom. The molecule has 0 saturated carbocycles. The van der Waals surface area contributed by atoms with Crippen molar-refractivity contribution in [2.24, 2.45) is 0 Å². The largest absolute Gasteiger partial charge is 0.307 e. The van der Waals surface area contributed by atoms with Crippen molar-refractivity contribution in [1.29, 1.82) is 0 Å². The Kier molecular flexibility index (Phi) is 5.23. The molecular formula is C18H13BrClN3O. The molecule has 0 radical (unpaired) electrons. The van der Waals surface area contributed by atoms with Crippen molar-refractivity contribution in [3.05, 3.63) is 87.2 Å². The molecule has 3 rings (SSSR count). The molecule has 0 saturated heterocycles. The maximum Gasteiger partial charge on any atom is 0.258 e. The standard InChI is InChI=1S/C18H13BrClN3O/c19-16-6-5-14(11-21-16)18(24)23-17-7-4-13(10-22-17)8-12-2-1-3-15(20)9-12/h1-7,9-11H,8H2,(H,22,23,24). The van der Waals surface area contributed by atoms with E-state index in [2.05, 4.69) is 31.2 Å². The van der Waals surface area contributed by atoms with Gasteiger partial charge >= 0.3 is 0 Å². The first kappa shape index (κ1) is 16.6. The molecule has 2 heterocycles. The quantitative estimate of drug-likeness (QED) is 0.642. The number of halogens is 2. The Labute approximate surface area is 153 Å². The van der Waals surface area contributed by atoms with Crippen molar-refractivity contribution in [2.75, 3.05) is 5.32 Å². The van der Waals surface area contributed by atoms with Crippen LogP contribution in [0.2, 0.25) is 5.02 Å². The monoisotopic (exact) mass is 401 g/mol. The second kappa shape index (κ2) is 7.55. The molecule has 3 aromatic rings. The molecule has 0 aliphatic rings. The maximum atomic E-state index is 12.1. The highest BCUT2D eigenvalue weighted by molar-refractivity contribution is 9.10. The molecule has 1 amide bonds. The number of aromatic nitrogens is 2. The minimum absolute atomic E-state index is 0.245. The van der Waals surface area contributed by atoms with Gasteiger partial charge < -0.3 is 5.32 Å². The zero-order chi connectivity index (χ0) is 16.9. The second-order valence-electron chi connectivity index (χ2n) is 5.18.